The van der Waals surface area contributed by atoms with Crippen LogP contribution >= 0.6 is 11.6 Å². The first kappa shape index (κ1) is 16.9. The van der Waals surface area contributed by atoms with Gasteiger partial charge < -0.3 is 15.6 Å². The lowest BCUT2D eigenvalue weighted by Gasteiger charge is -2.13. The summed E-state index contributed by atoms with van der Waals surface area (Å²) in [6, 6.07) is 0. The van der Waals surface area contributed by atoms with Crippen molar-refractivity contribution in [3.05, 3.63) is 11.6 Å². The van der Waals surface area contributed by atoms with Gasteiger partial charge in [-0.2, -0.15) is 18.4 Å². The third-order valence-electron chi connectivity index (χ3n) is 3.26. The molecule has 1 saturated heterocycles. The molecule has 0 unspecified atom stereocenters. The Bertz CT molecular complexity index is 916. The Morgan fingerprint density at radius 2 is 2.17 bits per heavy atom. The van der Waals surface area contributed by atoms with Crippen LogP contribution < -0.4 is 10.9 Å². The number of carbonyl (C=O) groups excluding carboxylic acids is 1. The van der Waals surface area contributed by atoms with Gasteiger partial charge in [0.15, 0.2) is 17.7 Å². The lowest BCUT2D eigenvalue weighted by atomic mass is 10.2. The van der Waals surface area contributed by atoms with Gasteiger partial charge in [0, 0.05) is 0 Å². The number of nitrogens with zero attached hydrogens (tertiary/aromatic N) is 4. The van der Waals surface area contributed by atoms with Crippen LogP contribution in [-0.2, 0) is 24.0 Å². The maximum atomic E-state index is 12.2. The highest BCUT2D eigenvalue weighted by atomic mass is 35.5. The quantitative estimate of drug-likeness (QED) is 0.507. The molecule has 0 aromatic carbocycles. The molecule has 14 heteroatoms. The van der Waals surface area contributed by atoms with Gasteiger partial charge in [-0.15, -0.1) is 0 Å². The van der Waals surface area contributed by atoms with Crippen molar-refractivity contribution in [1.29, 1.82) is 0 Å². The molecule has 3 heterocycles. The number of rotatable bonds is 4. The van der Waals surface area contributed by atoms with Gasteiger partial charge in [-0.25, -0.2) is 10.1 Å². The zero-order valence-electron chi connectivity index (χ0n) is 11.7. The van der Waals surface area contributed by atoms with Crippen molar-refractivity contribution in [2.75, 3.05) is 12.3 Å². The number of aliphatic hydroxyl groups is 1. The fraction of sp³-hybridized carbons (Fsp3) is 0.400. The number of Topliss-reactive ketones (excluding diaryl/α,β-unsaturated/α-hetero) is 1. The van der Waals surface area contributed by atoms with Crippen LogP contribution in [0.3, 0.4) is 0 Å². The minimum Gasteiger partial charge on any atom is -0.382 e. The number of ether oxygens (including phenoxy) is 1. The van der Waals surface area contributed by atoms with Gasteiger partial charge >= 0.3 is 10.3 Å². The summed E-state index contributed by atoms with van der Waals surface area (Å²) in [6.45, 7) is -0.632. The molecule has 1 aliphatic rings. The van der Waals surface area contributed by atoms with Crippen LogP contribution in [0.15, 0.2) is 6.33 Å². The molecule has 2 aromatic heterocycles. The standard InChI is InChI=1S/C10H11ClN6O6S/c11-10-15-7(12)4-8(16-10)17(2-14-4)9-6(19)5(18)3(23-9)1-22-24(13,20)21/h2-3,5,9,18H,1H2,(H2,12,15,16)(H2,13,20,21)/t3-,5-,9-/m1/s1. The second-order valence-corrected chi connectivity index (χ2v) is 6.41. The number of aliphatic hydroxyl groups excluding tert-OH is 1. The first-order valence-electron chi connectivity index (χ1n) is 6.37. The summed E-state index contributed by atoms with van der Waals surface area (Å²) in [6.07, 6.45) is -2.97. The van der Waals surface area contributed by atoms with E-state index in [0.29, 0.717) is 0 Å². The molecule has 0 bridgehead atoms. The van der Waals surface area contributed by atoms with Gasteiger partial charge in [0.1, 0.15) is 17.7 Å². The van der Waals surface area contributed by atoms with Crippen molar-refractivity contribution < 1.29 is 27.2 Å². The van der Waals surface area contributed by atoms with E-state index < -0.39 is 41.1 Å². The SMILES string of the molecule is Nc1nc(Cl)nc2c1ncn2[C@@H]1O[C@H](COS(N)(=O)=O)[C@@H](O)C1=O. The molecule has 0 amide bonds. The highest BCUT2D eigenvalue weighted by molar-refractivity contribution is 7.84. The van der Waals surface area contributed by atoms with Crippen molar-refractivity contribution in [2.45, 2.75) is 18.4 Å². The zero-order chi connectivity index (χ0) is 17.6. The van der Waals surface area contributed by atoms with Gasteiger partial charge in [0.2, 0.25) is 11.1 Å². The second kappa shape index (κ2) is 5.87. The van der Waals surface area contributed by atoms with E-state index in [1.54, 1.807) is 0 Å². The van der Waals surface area contributed by atoms with Crippen LogP contribution in [0.2, 0.25) is 5.28 Å². The average Bonchev–Trinajstić information content (AvgIpc) is 3.00. The molecule has 0 radical (unpaired) electrons. The second-order valence-electron chi connectivity index (χ2n) is 4.85. The smallest absolute Gasteiger partial charge is 0.333 e. The predicted molar refractivity (Wildman–Crippen MR) is 78.7 cm³/mol. The first-order valence-corrected chi connectivity index (χ1v) is 8.22. The molecule has 5 N–H and O–H groups in total. The Balaban J connectivity index is 1.92. The summed E-state index contributed by atoms with van der Waals surface area (Å²) >= 11 is 5.73. The Morgan fingerprint density at radius 3 is 2.83 bits per heavy atom. The molecule has 0 saturated carbocycles. The minimum atomic E-state index is -4.25. The summed E-state index contributed by atoms with van der Waals surface area (Å²) < 4.78 is 32.5. The Morgan fingerprint density at radius 1 is 1.46 bits per heavy atom. The van der Waals surface area contributed by atoms with Gasteiger partial charge in [-0.05, 0) is 11.6 Å². The molecular weight excluding hydrogens is 368 g/mol. The normalized spacial score (nSPS) is 24.8. The van der Waals surface area contributed by atoms with E-state index in [-0.39, 0.29) is 22.3 Å². The summed E-state index contributed by atoms with van der Waals surface area (Å²) in [4.78, 5) is 23.8. The number of anilines is 1. The third-order valence-corrected chi connectivity index (χ3v) is 3.89. The summed E-state index contributed by atoms with van der Waals surface area (Å²) in [5.41, 5.74) is 5.97. The summed E-state index contributed by atoms with van der Waals surface area (Å²) in [5, 5.41) is 14.4. The first-order chi connectivity index (χ1) is 11.2. The third kappa shape index (κ3) is 3.04. The van der Waals surface area contributed by atoms with Crippen LogP contribution in [-0.4, -0.2) is 57.6 Å². The molecule has 12 nitrogen and oxygen atoms in total. The van der Waals surface area contributed by atoms with Crippen LogP contribution in [0, 0.1) is 0 Å². The number of fused-ring (bicyclic) bond motifs is 1. The van der Waals surface area contributed by atoms with Crippen molar-refractivity contribution in [1.82, 2.24) is 19.5 Å². The molecule has 0 aliphatic carbocycles. The molecule has 24 heavy (non-hydrogen) atoms. The molecule has 3 atom stereocenters. The van der Waals surface area contributed by atoms with Gasteiger partial charge in [0.05, 0.1) is 12.9 Å². The molecule has 3 rings (SSSR count). The van der Waals surface area contributed by atoms with Crippen molar-refractivity contribution >= 4 is 44.7 Å². The number of imidazole rings is 1. The minimum absolute atomic E-state index is 0.00357. The van der Waals surface area contributed by atoms with E-state index in [2.05, 4.69) is 19.1 Å². The van der Waals surface area contributed by atoms with Crippen LogP contribution in [0.1, 0.15) is 6.23 Å². The predicted octanol–water partition coefficient (Wildman–Crippen LogP) is -1.89. The number of aromatic nitrogens is 4. The van der Waals surface area contributed by atoms with E-state index in [0.717, 1.165) is 0 Å². The monoisotopic (exact) mass is 378 g/mol. The highest BCUT2D eigenvalue weighted by Crippen LogP contribution is 2.29. The molecule has 2 aromatic rings. The number of nitrogens with two attached hydrogens (primary N) is 2. The number of carbonyl (C=O) groups is 1. The maximum absolute atomic E-state index is 12.2. The maximum Gasteiger partial charge on any atom is 0.333 e. The molecular formula is C10H11ClN6O6S. The molecule has 130 valence electrons. The molecule has 1 aliphatic heterocycles. The fourth-order valence-corrected chi connectivity index (χ4v) is 2.71. The number of nitrogen functional groups attached to an aromatic ring is 1. The molecule has 0 spiro atoms. The lowest BCUT2D eigenvalue weighted by Crippen LogP contribution is -2.32. The van der Waals surface area contributed by atoms with Crippen LogP contribution in [0.25, 0.3) is 11.2 Å². The Kier molecular flexibility index (Phi) is 4.15. The van der Waals surface area contributed by atoms with E-state index >= 15 is 0 Å². The topological polar surface area (TPSA) is 186 Å². The van der Waals surface area contributed by atoms with Crippen molar-refractivity contribution in [3.63, 3.8) is 0 Å². The van der Waals surface area contributed by atoms with Crippen LogP contribution in [0.5, 0.6) is 0 Å². The Hall–Kier alpha value is -1.90. The Labute approximate surface area is 139 Å². The van der Waals surface area contributed by atoms with E-state index in [4.69, 9.17) is 27.2 Å². The summed E-state index contributed by atoms with van der Waals surface area (Å²) in [7, 11) is -4.25. The van der Waals surface area contributed by atoms with Crippen LogP contribution in [0.4, 0.5) is 5.82 Å². The largest absolute Gasteiger partial charge is 0.382 e. The number of halogens is 1. The average molecular weight is 379 g/mol. The van der Waals surface area contributed by atoms with E-state index in [1.165, 1.54) is 10.9 Å². The number of hydrogen-bond acceptors (Lipinski definition) is 10. The van der Waals surface area contributed by atoms with Gasteiger partial charge in [-0.3, -0.25) is 13.5 Å². The number of hydrogen-bond donors (Lipinski definition) is 3. The van der Waals surface area contributed by atoms with Gasteiger partial charge in [-0.1, -0.05) is 0 Å². The lowest BCUT2D eigenvalue weighted by molar-refractivity contribution is -0.130. The highest BCUT2D eigenvalue weighted by Gasteiger charge is 2.44. The van der Waals surface area contributed by atoms with Crippen molar-refractivity contribution in [2.24, 2.45) is 5.14 Å². The van der Waals surface area contributed by atoms with E-state index in [1.807, 2.05) is 0 Å². The summed E-state index contributed by atoms with van der Waals surface area (Å²) in [5.74, 6) is -0.741. The zero-order valence-corrected chi connectivity index (χ0v) is 13.3. The van der Waals surface area contributed by atoms with E-state index in [9.17, 15) is 18.3 Å². The van der Waals surface area contributed by atoms with Gasteiger partial charge in [0.25, 0.3) is 0 Å². The van der Waals surface area contributed by atoms with Crippen molar-refractivity contribution in [3.8, 4) is 0 Å². The number of ketones is 1. The molecule has 1 fully saturated rings. The fourth-order valence-electron chi connectivity index (χ4n) is 2.21.